The van der Waals surface area contributed by atoms with Gasteiger partial charge in [0.2, 0.25) is 0 Å². The summed E-state index contributed by atoms with van der Waals surface area (Å²) in [5, 5.41) is 0. The largest absolute Gasteiger partial charge is 0.103 e. The number of rotatable bonds is 20. The molecule has 0 amide bonds. The van der Waals surface area contributed by atoms with Crippen LogP contribution in [0.1, 0.15) is 142 Å². The molecule has 0 bridgehead atoms. The van der Waals surface area contributed by atoms with Gasteiger partial charge in [0.1, 0.15) is 0 Å². The molecule has 0 N–H and O–H groups in total. The first-order chi connectivity index (χ1) is 13.7. The summed E-state index contributed by atoms with van der Waals surface area (Å²) in [6.07, 6.45) is 26.5. The normalized spacial score (nSPS) is 13.1. The molecule has 0 aromatic rings. The highest BCUT2D eigenvalue weighted by Gasteiger charge is 2.06. The molecule has 0 aliphatic rings. The van der Waals surface area contributed by atoms with E-state index in [1.165, 1.54) is 103 Å². The van der Waals surface area contributed by atoms with Crippen molar-refractivity contribution in [2.45, 2.75) is 142 Å². The Balaban J connectivity index is 3.42. The van der Waals surface area contributed by atoms with E-state index in [2.05, 4.69) is 39.5 Å². The zero-order chi connectivity index (χ0) is 20.7. The van der Waals surface area contributed by atoms with Crippen molar-refractivity contribution in [3.63, 3.8) is 0 Å². The Kier molecular flexibility index (Phi) is 22.5. The van der Waals surface area contributed by atoms with Crippen molar-refractivity contribution in [1.82, 2.24) is 0 Å². The van der Waals surface area contributed by atoms with E-state index in [-0.39, 0.29) is 0 Å². The summed E-state index contributed by atoms with van der Waals surface area (Å²) in [6, 6.07) is 0. The van der Waals surface area contributed by atoms with Gasteiger partial charge in [0.15, 0.2) is 0 Å². The Morgan fingerprint density at radius 3 is 1.61 bits per heavy atom. The van der Waals surface area contributed by atoms with Crippen LogP contribution in [0.3, 0.4) is 0 Å². The summed E-state index contributed by atoms with van der Waals surface area (Å²) in [6.45, 7) is 12.6. The lowest BCUT2D eigenvalue weighted by atomic mass is 9.92. The van der Waals surface area contributed by atoms with Gasteiger partial charge in [-0.1, -0.05) is 130 Å². The first-order valence-corrected chi connectivity index (χ1v) is 12.8. The van der Waals surface area contributed by atoms with Crippen molar-refractivity contribution in [1.29, 1.82) is 0 Å². The lowest BCUT2D eigenvalue weighted by Crippen LogP contribution is -1.99. The van der Waals surface area contributed by atoms with Crippen LogP contribution in [0.2, 0.25) is 0 Å². The van der Waals surface area contributed by atoms with Gasteiger partial charge in [-0.05, 0) is 24.7 Å². The maximum absolute atomic E-state index is 4.00. The molecule has 2 atom stereocenters. The zero-order valence-corrected chi connectivity index (χ0v) is 19.7. The third-order valence-electron chi connectivity index (χ3n) is 6.22. The van der Waals surface area contributed by atoms with Gasteiger partial charge in [-0.15, -0.1) is 11.8 Å². The van der Waals surface area contributed by atoms with Gasteiger partial charge in [0.05, 0.1) is 0 Å². The molecule has 0 aliphatic heterocycles. The lowest BCUT2D eigenvalue weighted by molar-refractivity contribution is 0.393. The Morgan fingerprint density at radius 2 is 1.07 bits per heavy atom. The summed E-state index contributed by atoms with van der Waals surface area (Å²) in [5.74, 6) is 8.54. The van der Waals surface area contributed by atoms with Crippen LogP contribution >= 0.6 is 0 Å². The van der Waals surface area contributed by atoms with E-state index in [0.29, 0.717) is 0 Å². The third-order valence-corrected chi connectivity index (χ3v) is 6.22. The van der Waals surface area contributed by atoms with Crippen LogP contribution in [0.15, 0.2) is 0 Å². The second kappa shape index (κ2) is 22.8. The second-order valence-corrected chi connectivity index (χ2v) is 8.98. The molecular formula is C28H52. The highest BCUT2D eigenvalue weighted by atomic mass is 14.1. The van der Waals surface area contributed by atoms with Gasteiger partial charge in [-0.25, -0.2) is 0 Å². The summed E-state index contributed by atoms with van der Waals surface area (Å²) in [4.78, 5) is 0. The Bertz CT molecular complexity index is 345. The Morgan fingerprint density at radius 1 is 0.607 bits per heavy atom. The van der Waals surface area contributed by atoms with Crippen LogP contribution in [0.4, 0.5) is 0 Å². The van der Waals surface area contributed by atoms with Crippen LogP contribution in [0.25, 0.3) is 0 Å². The van der Waals surface area contributed by atoms with E-state index < -0.39 is 0 Å². The average molecular weight is 389 g/mol. The van der Waals surface area contributed by atoms with Gasteiger partial charge >= 0.3 is 0 Å². The molecule has 0 fully saturated rings. The highest BCUT2D eigenvalue weighted by Crippen LogP contribution is 2.21. The molecule has 164 valence electrons. The van der Waals surface area contributed by atoms with Crippen LogP contribution in [-0.4, -0.2) is 0 Å². The molecule has 0 spiro atoms. The SMILES string of the molecule is [CH2]CCCCCCC#CCCCCCC(CC)CCCCCCCC(C)C[CH2]. The smallest absolute Gasteiger partial charge is 0.00886 e. The third kappa shape index (κ3) is 20.3. The molecular weight excluding hydrogens is 336 g/mol. The maximum atomic E-state index is 4.00. The van der Waals surface area contributed by atoms with E-state index in [9.17, 15) is 0 Å². The fourth-order valence-corrected chi connectivity index (χ4v) is 3.90. The summed E-state index contributed by atoms with van der Waals surface area (Å²) in [7, 11) is 0. The fourth-order valence-electron chi connectivity index (χ4n) is 3.90. The standard InChI is InChI=1S/C28H52/c1-5-8-9-10-11-12-13-14-15-16-19-22-25-28(7-3)26-23-20-17-18-21-24-27(4)6-2/h27-28H,1-2,5-12,15-26H2,3-4H3. The molecule has 0 heteroatoms. The van der Waals surface area contributed by atoms with Crippen LogP contribution in [-0.2, 0) is 0 Å². The molecule has 28 heavy (non-hydrogen) atoms. The van der Waals surface area contributed by atoms with E-state index in [0.717, 1.165) is 37.5 Å². The van der Waals surface area contributed by atoms with Gasteiger partial charge in [0.25, 0.3) is 0 Å². The van der Waals surface area contributed by atoms with Crippen molar-refractivity contribution in [3.8, 4) is 11.8 Å². The van der Waals surface area contributed by atoms with E-state index in [1.54, 1.807) is 0 Å². The van der Waals surface area contributed by atoms with E-state index >= 15 is 0 Å². The molecule has 2 radical (unpaired) electrons. The van der Waals surface area contributed by atoms with E-state index in [1.807, 2.05) is 0 Å². The molecule has 0 nitrogen and oxygen atoms in total. The number of hydrogen-bond donors (Lipinski definition) is 0. The number of unbranched alkanes of at least 4 members (excludes halogenated alkanes) is 12. The summed E-state index contributed by atoms with van der Waals surface area (Å²) < 4.78 is 0. The molecule has 0 saturated heterocycles. The molecule has 0 rings (SSSR count). The minimum atomic E-state index is 0.823. The van der Waals surface area contributed by atoms with Crippen LogP contribution < -0.4 is 0 Å². The van der Waals surface area contributed by atoms with E-state index in [4.69, 9.17) is 0 Å². The molecule has 0 aliphatic carbocycles. The minimum absolute atomic E-state index is 0.823. The Hall–Kier alpha value is -0.440. The molecule has 2 unspecified atom stereocenters. The van der Waals surface area contributed by atoms with Gasteiger partial charge in [0, 0.05) is 12.8 Å². The first kappa shape index (κ1) is 27.6. The summed E-state index contributed by atoms with van der Waals surface area (Å²) >= 11 is 0. The van der Waals surface area contributed by atoms with Gasteiger partial charge in [-0.3, -0.25) is 0 Å². The van der Waals surface area contributed by atoms with Gasteiger partial charge < -0.3 is 0 Å². The topological polar surface area (TPSA) is 0 Å². The van der Waals surface area contributed by atoms with Crippen molar-refractivity contribution in [3.05, 3.63) is 13.8 Å². The van der Waals surface area contributed by atoms with Crippen LogP contribution in [0.5, 0.6) is 0 Å². The predicted molar refractivity (Wildman–Crippen MR) is 129 cm³/mol. The highest BCUT2D eigenvalue weighted by molar-refractivity contribution is 4.98. The summed E-state index contributed by atoms with van der Waals surface area (Å²) in [5.41, 5.74) is 0. The monoisotopic (exact) mass is 388 g/mol. The number of hydrogen-bond acceptors (Lipinski definition) is 0. The molecule has 0 heterocycles. The molecule has 0 saturated carbocycles. The van der Waals surface area contributed by atoms with Crippen molar-refractivity contribution in [2.24, 2.45) is 11.8 Å². The van der Waals surface area contributed by atoms with Crippen molar-refractivity contribution < 1.29 is 0 Å². The average Bonchev–Trinajstić information content (AvgIpc) is 2.71. The zero-order valence-electron chi connectivity index (χ0n) is 19.7. The predicted octanol–water partition coefficient (Wildman–Crippen LogP) is 9.73. The van der Waals surface area contributed by atoms with Crippen molar-refractivity contribution >= 4 is 0 Å². The minimum Gasteiger partial charge on any atom is -0.103 e. The quantitative estimate of drug-likeness (QED) is 0.144. The fraction of sp³-hybridized carbons (Fsp3) is 0.857. The van der Waals surface area contributed by atoms with Gasteiger partial charge in [-0.2, -0.15) is 0 Å². The molecule has 0 aromatic heterocycles. The lowest BCUT2D eigenvalue weighted by Gasteiger charge is -2.14. The Labute approximate surface area is 180 Å². The first-order valence-electron chi connectivity index (χ1n) is 12.8. The second-order valence-electron chi connectivity index (χ2n) is 8.98. The van der Waals surface area contributed by atoms with Crippen molar-refractivity contribution in [2.75, 3.05) is 0 Å². The maximum Gasteiger partial charge on any atom is 0.00886 e. The van der Waals surface area contributed by atoms with Crippen LogP contribution in [0, 0.1) is 37.5 Å². The molecule has 0 aromatic carbocycles.